The summed E-state index contributed by atoms with van der Waals surface area (Å²) in [5, 5.41) is 13.9. The lowest BCUT2D eigenvalue weighted by molar-refractivity contribution is -0.139. The first-order chi connectivity index (χ1) is 9.52. The fourth-order valence-corrected chi connectivity index (χ4v) is 1.96. The van der Waals surface area contributed by atoms with Crippen LogP contribution in [-0.2, 0) is 9.53 Å². The van der Waals surface area contributed by atoms with Crippen LogP contribution in [0.15, 0.2) is 0 Å². The maximum absolute atomic E-state index is 11.7. The van der Waals surface area contributed by atoms with Crippen LogP contribution >= 0.6 is 0 Å². The molecule has 2 amide bonds. The van der Waals surface area contributed by atoms with Crippen molar-refractivity contribution in [3.8, 4) is 12.3 Å². The number of carbonyl (C=O) groups excluding carboxylic acids is 1. The second kappa shape index (κ2) is 8.40. The summed E-state index contributed by atoms with van der Waals surface area (Å²) >= 11 is 0. The molecule has 0 spiro atoms. The SMILES string of the molecule is C#CCC(NC(=O)NC(C)CN1CCOCC1)C(=O)O. The highest BCUT2D eigenvalue weighted by atomic mass is 16.5. The number of aliphatic carboxylic acids is 1. The number of nitrogens with one attached hydrogen (secondary N) is 2. The lowest BCUT2D eigenvalue weighted by Crippen LogP contribution is -2.51. The fraction of sp³-hybridized carbons (Fsp3) is 0.692. The molecule has 0 aromatic carbocycles. The van der Waals surface area contributed by atoms with Gasteiger partial charge in [0.15, 0.2) is 0 Å². The van der Waals surface area contributed by atoms with Gasteiger partial charge in [-0.15, -0.1) is 12.3 Å². The standard InChI is InChI=1S/C13H21N3O4/c1-3-4-11(12(17)18)15-13(19)14-10(2)9-16-5-7-20-8-6-16/h1,10-11H,4-9H2,2H3,(H,17,18)(H2,14,15,19). The first-order valence-electron chi connectivity index (χ1n) is 6.56. The Kier molecular flexibility index (Phi) is 6.84. The van der Waals surface area contributed by atoms with Gasteiger partial charge < -0.3 is 20.5 Å². The molecule has 0 bridgehead atoms. The number of nitrogens with zero attached hydrogens (tertiary/aromatic N) is 1. The van der Waals surface area contributed by atoms with Gasteiger partial charge in [-0.1, -0.05) is 0 Å². The van der Waals surface area contributed by atoms with E-state index >= 15 is 0 Å². The number of carboxylic acid groups (broad SMARTS) is 1. The zero-order chi connectivity index (χ0) is 15.0. The molecule has 0 aliphatic carbocycles. The van der Waals surface area contributed by atoms with Gasteiger partial charge in [0.05, 0.1) is 13.2 Å². The van der Waals surface area contributed by atoms with E-state index in [-0.39, 0.29) is 12.5 Å². The summed E-state index contributed by atoms with van der Waals surface area (Å²) in [5.41, 5.74) is 0. The van der Waals surface area contributed by atoms with Crippen LogP contribution in [0.5, 0.6) is 0 Å². The van der Waals surface area contributed by atoms with Gasteiger partial charge in [-0.2, -0.15) is 0 Å². The smallest absolute Gasteiger partial charge is 0.327 e. The van der Waals surface area contributed by atoms with Crippen molar-refractivity contribution in [3.05, 3.63) is 0 Å². The summed E-state index contributed by atoms with van der Waals surface area (Å²) in [6.07, 6.45) is 5.02. The quantitative estimate of drug-likeness (QED) is 0.571. The molecule has 1 fully saturated rings. The lowest BCUT2D eigenvalue weighted by atomic mass is 10.2. The number of rotatable bonds is 6. The Bertz CT molecular complexity index is 374. The highest BCUT2D eigenvalue weighted by Gasteiger charge is 2.20. The average molecular weight is 283 g/mol. The molecule has 1 heterocycles. The van der Waals surface area contributed by atoms with E-state index in [1.54, 1.807) is 0 Å². The van der Waals surface area contributed by atoms with E-state index in [0.717, 1.165) is 13.1 Å². The van der Waals surface area contributed by atoms with E-state index in [4.69, 9.17) is 16.3 Å². The number of amides is 2. The van der Waals surface area contributed by atoms with Gasteiger partial charge in [0.1, 0.15) is 6.04 Å². The second-order valence-electron chi connectivity index (χ2n) is 4.73. The number of ether oxygens (including phenoxy) is 1. The van der Waals surface area contributed by atoms with Crippen molar-refractivity contribution in [2.75, 3.05) is 32.8 Å². The molecule has 112 valence electrons. The molecule has 0 saturated carbocycles. The van der Waals surface area contributed by atoms with E-state index in [9.17, 15) is 9.59 Å². The normalized spacial score (nSPS) is 18.6. The van der Waals surface area contributed by atoms with E-state index < -0.39 is 18.0 Å². The van der Waals surface area contributed by atoms with Crippen LogP contribution in [0.3, 0.4) is 0 Å². The van der Waals surface area contributed by atoms with E-state index in [2.05, 4.69) is 21.5 Å². The Morgan fingerprint density at radius 2 is 2.05 bits per heavy atom. The third-order valence-electron chi connectivity index (χ3n) is 2.94. The van der Waals surface area contributed by atoms with Crippen molar-refractivity contribution in [1.82, 2.24) is 15.5 Å². The number of carboxylic acids is 1. The molecular formula is C13H21N3O4. The number of hydrogen-bond acceptors (Lipinski definition) is 4. The molecule has 0 aromatic rings. The van der Waals surface area contributed by atoms with Crippen molar-refractivity contribution >= 4 is 12.0 Å². The first-order valence-corrected chi connectivity index (χ1v) is 6.56. The number of urea groups is 1. The molecular weight excluding hydrogens is 262 g/mol. The topological polar surface area (TPSA) is 90.9 Å². The molecule has 1 aliphatic heterocycles. The Labute approximate surface area is 118 Å². The van der Waals surface area contributed by atoms with Crippen molar-refractivity contribution in [3.63, 3.8) is 0 Å². The van der Waals surface area contributed by atoms with Gasteiger partial charge in [0, 0.05) is 32.1 Å². The van der Waals surface area contributed by atoms with Crippen LogP contribution < -0.4 is 10.6 Å². The summed E-state index contributed by atoms with van der Waals surface area (Å²) in [7, 11) is 0. The van der Waals surface area contributed by atoms with Crippen LogP contribution in [0.25, 0.3) is 0 Å². The van der Waals surface area contributed by atoms with Crippen molar-refractivity contribution in [2.45, 2.75) is 25.4 Å². The number of terminal acetylenes is 1. The summed E-state index contributed by atoms with van der Waals surface area (Å²) < 4.78 is 5.24. The zero-order valence-corrected chi connectivity index (χ0v) is 11.6. The molecule has 3 N–H and O–H groups in total. The van der Waals surface area contributed by atoms with Crippen LogP contribution in [0.1, 0.15) is 13.3 Å². The highest BCUT2D eigenvalue weighted by Crippen LogP contribution is 1.98. The third kappa shape index (κ3) is 5.91. The molecule has 7 heteroatoms. The minimum atomic E-state index is -1.14. The Hall–Kier alpha value is -1.78. The number of hydrogen-bond donors (Lipinski definition) is 3. The minimum absolute atomic E-state index is 0.0411. The Balaban J connectivity index is 2.32. The monoisotopic (exact) mass is 283 g/mol. The third-order valence-corrected chi connectivity index (χ3v) is 2.94. The Morgan fingerprint density at radius 1 is 1.40 bits per heavy atom. The average Bonchev–Trinajstić information content (AvgIpc) is 2.38. The molecule has 20 heavy (non-hydrogen) atoms. The van der Waals surface area contributed by atoms with Gasteiger partial charge in [0.2, 0.25) is 0 Å². The van der Waals surface area contributed by atoms with Crippen LogP contribution in [0.4, 0.5) is 4.79 Å². The van der Waals surface area contributed by atoms with Crippen molar-refractivity contribution in [1.29, 1.82) is 0 Å². The van der Waals surface area contributed by atoms with Crippen LogP contribution in [0, 0.1) is 12.3 Å². The first kappa shape index (κ1) is 16.3. The fourth-order valence-electron chi connectivity index (χ4n) is 1.96. The summed E-state index contributed by atoms with van der Waals surface area (Å²) in [5.74, 6) is 1.09. The lowest BCUT2D eigenvalue weighted by Gasteiger charge is -2.29. The zero-order valence-electron chi connectivity index (χ0n) is 11.6. The summed E-state index contributed by atoms with van der Waals surface area (Å²) in [4.78, 5) is 24.7. The minimum Gasteiger partial charge on any atom is -0.480 e. The van der Waals surface area contributed by atoms with Crippen molar-refractivity contribution < 1.29 is 19.4 Å². The molecule has 2 atom stereocenters. The van der Waals surface area contributed by atoms with E-state index in [0.29, 0.717) is 19.8 Å². The van der Waals surface area contributed by atoms with Crippen LogP contribution in [-0.4, -0.2) is 66.9 Å². The van der Waals surface area contributed by atoms with Gasteiger partial charge >= 0.3 is 12.0 Å². The van der Waals surface area contributed by atoms with Gasteiger partial charge in [-0.05, 0) is 6.92 Å². The maximum atomic E-state index is 11.7. The molecule has 0 radical (unpaired) electrons. The molecule has 1 saturated heterocycles. The molecule has 2 unspecified atom stereocenters. The Morgan fingerprint density at radius 3 is 2.60 bits per heavy atom. The van der Waals surface area contributed by atoms with Gasteiger partial charge in [-0.3, -0.25) is 4.90 Å². The molecule has 7 nitrogen and oxygen atoms in total. The number of morpholine rings is 1. The largest absolute Gasteiger partial charge is 0.480 e. The predicted molar refractivity (Wildman–Crippen MR) is 73.3 cm³/mol. The van der Waals surface area contributed by atoms with Gasteiger partial charge in [0.25, 0.3) is 0 Å². The predicted octanol–water partition coefficient (Wildman–Crippen LogP) is -0.517. The molecule has 0 aromatic heterocycles. The van der Waals surface area contributed by atoms with Gasteiger partial charge in [-0.25, -0.2) is 9.59 Å². The maximum Gasteiger partial charge on any atom is 0.327 e. The van der Waals surface area contributed by atoms with Crippen LogP contribution in [0.2, 0.25) is 0 Å². The molecule has 1 aliphatic rings. The summed E-state index contributed by atoms with van der Waals surface area (Å²) in [6.45, 7) is 5.63. The second-order valence-corrected chi connectivity index (χ2v) is 4.73. The highest BCUT2D eigenvalue weighted by molar-refractivity contribution is 5.82. The summed E-state index contributed by atoms with van der Waals surface area (Å²) in [6, 6.07) is -1.67. The van der Waals surface area contributed by atoms with E-state index in [1.807, 2.05) is 6.92 Å². The van der Waals surface area contributed by atoms with E-state index in [1.165, 1.54) is 0 Å². The van der Waals surface area contributed by atoms with Crippen molar-refractivity contribution in [2.24, 2.45) is 0 Å². The molecule has 1 rings (SSSR count). The number of carbonyl (C=O) groups is 2.